The average Bonchev–Trinajstić information content (AvgIpc) is 2.72. The first-order chi connectivity index (χ1) is 12.7. The van der Waals surface area contributed by atoms with E-state index in [1.807, 2.05) is 30.3 Å². The third-order valence-corrected chi connectivity index (χ3v) is 4.54. The van der Waals surface area contributed by atoms with Crippen molar-refractivity contribution in [1.29, 1.82) is 0 Å². The van der Waals surface area contributed by atoms with Crippen LogP contribution in [0.4, 0.5) is 10.6 Å². The molecule has 2 aromatic rings. The summed E-state index contributed by atoms with van der Waals surface area (Å²) < 4.78 is 5.40. The van der Waals surface area contributed by atoms with Crippen LogP contribution in [-0.4, -0.2) is 40.6 Å². The lowest BCUT2D eigenvalue weighted by atomic mass is 9.97. The van der Waals surface area contributed by atoms with E-state index < -0.39 is 0 Å². The van der Waals surface area contributed by atoms with Gasteiger partial charge in [0.2, 0.25) is 0 Å². The smallest absolute Gasteiger partial charge is 0.410 e. The fourth-order valence-corrected chi connectivity index (χ4v) is 2.97. The number of carbonyl (C=O) groups excluding carboxylic acids is 1. The highest BCUT2D eigenvalue weighted by atomic mass is 16.6. The van der Waals surface area contributed by atoms with Gasteiger partial charge in [0.25, 0.3) is 0 Å². The predicted molar refractivity (Wildman–Crippen MR) is 99.3 cm³/mol. The number of hydrogen-bond acceptors (Lipinski definition) is 6. The van der Waals surface area contributed by atoms with E-state index in [4.69, 9.17) is 10.5 Å². The minimum absolute atomic E-state index is 0.234. The molecule has 7 heteroatoms. The zero-order valence-electron chi connectivity index (χ0n) is 14.8. The molecule has 1 aromatic heterocycles. The van der Waals surface area contributed by atoms with Gasteiger partial charge in [-0.3, -0.25) is 4.98 Å². The number of likely N-dealkylation sites (tertiary alicyclic amines) is 1. The summed E-state index contributed by atoms with van der Waals surface area (Å²) in [7, 11) is 0. The molecule has 3 rings (SSSR count). The fraction of sp³-hybridized carbons (Fsp3) is 0.421. The first-order valence-electron chi connectivity index (χ1n) is 8.95. The van der Waals surface area contributed by atoms with Gasteiger partial charge in [-0.15, -0.1) is 0 Å². The SMILES string of the molecule is NCc1cncc(NCC2CCN(C(=O)OCc3ccccc3)CC2)n1. The standard InChI is InChI=1S/C19H25N5O2/c20-10-17-12-21-13-18(23-17)22-11-15-6-8-24(9-7-15)19(25)26-14-16-4-2-1-3-5-16/h1-5,12-13,15H,6-11,14,20H2,(H,22,23). The first-order valence-corrected chi connectivity index (χ1v) is 8.95. The van der Waals surface area contributed by atoms with E-state index in [9.17, 15) is 4.79 Å². The third-order valence-electron chi connectivity index (χ3n) is 4.54. The molecule has 1 amide bonds. The third kappa shape index (κ3) is 5.16. The zero-order chi connectivity index (χ0) is 18.2. The molecule has 0 radical (unpaired) electrons. The summed E-state index contributed by atoms with van der Waals surface area (Å²) in [6.45, 7) is 2.95. The molecular weight excluding hydrogens is 330 g/mol. The summed E-state index contributed by atoms with van der Waals surface area (Å²) >= 11 is 0. The number of anilines is 1. The highest BCUT2D eigenvalue weighted by Crippen LogP contribution is 2.19. The molecule has 7 nitrogen and oxygen atoms in total. The maximum absolute atomic E-state index is 12.2. The van der Waals surface area contributed by atoms with E-state index in [1.54, 1.807) is 17.3 Å². The van der Waals surface area contributed by atoms with Crippen LogP contribution in [0.15, 0.2) is 42.7 Å². The zero-order valence-corrected chi connectivity index (χ0v) is 14.8. The second-order valence-corrected chi connectivity index (χ2v) is 6.45. The Morgan fingerprint density at radius 3 is 2.73 bits per heavy atom. The summed E-state index contributed by atoms with van der Waals surface area (Å²) in [4.78, 5) is 22.5. The highest BCUT2D eigenvalue weighted by Gasteiger charge is 2.23. The largest absolute Gasteiger partial charge is 0.445 e. The molecule has 1 aliphatic heterocycles. The summed E-state index contributed by atoms with van der Waals surface area (Å²) in [5, 5.41) is 3.32. The quantitative estimate of drug-likeness (QED) is 0.826. The van der Waals surface area contributed by atoms with Gasteiger partial charge in [-0.05, 0) is 24.3 Å². The van der Waals surface area contributed by atoms with Crippen LogP contribution in [0.25, 0.3) is 0 Å². The Hall–Kier alpha value is -2.67. The van der Waals surface area contributed by atoms with Gasteiger partial charge in [-0.2, -0.15) is 0 Å². The molecule has 1 saturated heterocycles. The molecule has 0 aliphatic carbocycles. The Morgan fingerprint density at radius 1 is 1.23 bits per heavy atom. The Morgan fingerprint density at radius 2 is 2.00 bits per heavy atom. The van der Waals surface area contributed by atoms with Gasteiger partial charge < -0.3 is 20.7 Å². The Labute approximate surface area is 153 Å². The predicted octanol–water partition coefficient (Wildman–Crippen LogP) is 2.40. The van der Waals surface area contributed by atoms with Crippen molar-refractivity contribution in [2.75, 3.05) is 25.0 Å². The number of rotatable bonds is 6. The molecule has 3 N–H and O–H groups in total. The number of ether oxygens (including phenoxy) is 1. The Balaban J connectivity index is 1.38. The molecule has 1 aliphatic rings. The maximum atomic E-state index is 12.2. The van der Waals surface area contributed by atoms with Crippen molar-refractivity contribution >= 4 is 11.9 Å². The summed E-state index contributed by atoms with van der Waals surface area (Å²) in [5.74, 6) is 1.24. The van der Waals surface area contributed by atoms with E-state index in [0.717, 1.165) is 36.5 Å². The van der Waals surface area contributed by atoms with Crippen molar-refractivity contribution in [2.24, 2.45) is 11.7 Å². The van der Waals surface area contributed by atoms with Crippen molar-refractivity contribution in [3.63, 3.8) is 0 Å². The molecule has 26 heavy (non-hydrogen) atoms. The second kappa shape index (κ2) is 9.15. The highest BCUT2D eigenvalue weighted by molar-refractivity contribution is 5.67. The lowest BCUT2D eigenvalue weighted by Crippen LogP contribution is -2.40. The summed E-state index contributed by atoms with van der Waals surface area (Å²) in [5.41, 5.74) is 7.35. The maximum Gasteiger partial charge on any atom is 0.410 e. The van der Waals surface area contributed by atoms with Gasteiger partial charge in [-0.1, -0.05) is 30.3 Å². The average molecular weight is 355 g/mol. The molecule has 0 unspecified atom stereocenters. The number of nitrogens with one attached hydrogen (secondary N) is 1. The Bertz CT molecular complexity index is 702. The number of nitrogens with two attached hydrogens (primary N) is 1. The lowest BCUT2D eigenvalue weighted by Gasteiger charge is -2.31. The number of aromatic nitrogens is 2. The number of piperidine rings is 1. The van der Waals surface area contributed by atoms with Gasteiger partial charge in [0.15, 0.2) is 0 Å². The van der Waals surface area contributed by atoms with E-state index >= 15 is 0 Å². The minimum Gasteiger partial charge on any atom is -0.445 e. The van der Waals surface area contributed by atoms with E-state index in [2.05, 4.69) is 15.3 Å². The minimum atomic E-state index is -0.234. The molecule has 1 fully saturated rings. The van der Waals surface area contributed by atoms with Crippen LogP contribution in [0, 0.1) is 5.92 Å². The summed E-state index contributed by atoms with van der Waals surface area (Å²) in [6, 6.07) is 9.73. The fourth-order valence-electron chi connectivity index (χ4n) is 2.97. The molecule has 138 valence electrons. The van der Waals surface area contributed by atoms with Crippen LogP contribution in [0.2, 0.25) is 0 Å². The number of nitrogens with zero attached hydrogens (tertiary/aromatic N) is 3. The van der Waals surface area contributed by atoms with Crippen LogP contribution < -0.4 is 11.1 Å². The molecule has 2 heterocycles. The number of carbonyl (C=O) groups is 1. The van der Waals surface area contributed by atoms with Crippen molar-refractivity contribution in [2.45, 2.75) is 26.0 Å². The van der Waals surface area contributed by atoms with Gasteiger partial charge >= 0.3 is 6.09 Å². The van der Waals surface area contributed by atoms with Crippen molar-refractivity contribution in [3.05, 3.63) is 54.0 Å². The van der Waals surface area contributed by atoms with Gasteiger partial charge in [0, 0.05) is 32.4 Å². The normalized spacial score (nSPS) is 14.9. The molecular formula is C19H25N5O2. The van der Waals surface area contributed by atoms with Crippen LogP contribution in [0.5, 0.6) is 0 Å². The van der Waals surface area contributed by atoms with Crippen LogP contribution in [0.3, 0.4) is 0 Å². The monoisotopic (exact) mass is 355 g/mol. The number of amides is 1. The molecule has 0 atom stereocenters. The van der Waals surface area contributed by atoms with Crippen LogP contribution in [0.1, 0.15) is 24.1 Å². The molecule has 1 aromatic carbocycles. The van der Waals surface area contributed by atoms with Gasteiger partial charge in [0.05, 0.1) is 11.9 Å². The van der Waals surface area contributed by atoms with E-state index in [0.29, 0.717) is 32.2 Å². The van der Waals surface area contributed by atoms with Crippen molar-refractivity contribution < 1.29 is 9.53 Å². The van der Waals surface area contributed by atoms with Gasteiger partial charge in [0.1, 0.15) is 12.4 Å². The Kier molecular flexibility index (Phi) is 6.38. The molecule has 0 saturated carbocycles. The van der Waals surface area contributed by atoms with E-state index in [-0.39, 0.29) is 6.09 Å². The lowest BCUT2D eigenvalue weighted by molar-refractivity contribution is 0.0832. The number of hydrogen-bond donors (Lipinski definition) is 2. The summed E-state index contributed by atoms with van der Waals surface area (Å²) in [6.07, 6.45) is 5.02. The van der Waals surface area contributed by atoms with Crippen molar-refractivity contribution in [1.82, 2.24) is 14.9 Å². The second-order valence-electron chi connectivity index (χ2n) is 6.45. The van der Waals surface area contributed by atoms with Crippen LogP contribution >= 0.6 is 0 Å². The van der Waals surface area contributed by atoms with Gasteiger partial charge in [-0.25, -0.2) is 9.78 Å². The first kappa shape index (κ1) is 18.1. The molecule has 0 bridgehead atoms. The number of benzene rings is 1. The van der Waals surface area contributed by atoms with Crippen LogP contribution in [-0.2, 0) is 17.9 Å². The molecule has 0 spiro atoms. The van der Waals surface area contributed by atoms with Crippen molar-refractivity contribution in [3.8, 4) is 0 Å². The van der Waals surface area contributed by atoms with E-state index in [1.165, 1.54) is 0 Å². The topological polar surface area (TPSA) is 93.4 Å².